The normalized spacial score (nSPS) is 11.7. The molecule has 4 aromatic rings. The molecule has 0 bridgehead atoms. The van der Waals surface area contributed by atoms with Crippen molar-refractivity contribution in [1.82, 2.24) is 4.72 Å². The molecule has 1 amide bonds. The molecule has 0 saturated heterocycles. The molecule has 1 aromatic heterocycles. The van der Waals surface area contributed by atoms with Crippen LogP contribution in [0.5, 0.6) is 0 Å². The Hall–Kier alpha value is -3.22. The summed E-state index contributed by atoms with van der Waals surface area (Å²) in [5.41, 5.74) is 3.09. The van der Waals surface area contributed by atoms with Gasteiger partial charge >= 0.3 is 0 Å². The molecule has 0 aliphatic heterocycles. The van der Waals surface area contributed by atoms with E-state index in [1.54, 1.807) is 17.5 Å². The maximum Gasteiger partial charge on any atom is 0.273 e. The number of sulfonamides is 1. The highest BCUT2D eigenvalue weighted by Crippen LogP contribution is 2.21. The minimum atomic E-state index is -3.83. The highest BCUT2D eigenvalue weighted by atomic mass is 32.2. The van der Waals surface area contributed by atoms with E-state index < -0.39 is 15.9 Å². The fourth-order valence-corrected chi connectivity index (χ4v) is 5.16. The third-order valence-corrected chi connectivity index (χ3v) is 7.42. The van der Waals surface area contributed by atoms with E-state index in [0.717, 1.165) is 22.5 Å². The maximum atomic E-state index is 12.2. The van der Waals surface area contributed by atoms with E-state index >= 15 is 0 Å². The molecule has 0 aliphatic carbocycles. The lowest BCUT2D eigenvalue weighted by Gasteiger charge is -2.08. The predicted molar refractivity (Wildman–Crippen MR) is 122 cm³/mol. The molecule has 0 atom stereocenters. The standard InChI is InChI=1S/C24H19NO3S2/c26-23(25-30(27,28)24-10-5-15-29-24)14-13-20-7-2-4-9-22(20)17-18-11-12-19-6-1-3-8-21(19)16-18/h1-16H,17H2,(H,25,26)/b14-13-. The summed E-state index contributed by atoms with van der Waals surface area (Å²) in [5, 5.41) is 4.03. The Kier molecular flexibility index (Phi) is 5.79. The molecule has 0 aliphatic rings. The lowest BCUT2D eigenvalue weighted by molar-refractivity contribution is -0.114. The number of carbonyl (C=O) groups excluding carboxylic acids is 1. The maximum absolute atomic E-state index is 12.2. The van der Waals surface area contributed by atoms with E-state index in [0.29, 0.717) is 6.42 Å². The van der Waals surface area contributed by atoms with Gasteiger partial charge in [0.1, 0.15) is 4.21 Å². The Balaban J connectivity index is 1.52. The number of amides is 1. The first-order valence-corrected chi connectivity index (χ1v) is 11.7. The van der Waals surface area contributed by atoms with E-state index in [1.165, 1.54) is 28.5 Å². The van der Waals surface area contributed by atoms with Crippen molar-refractivity contribution in [2.45, 2.75) is 10.6 Å². The van der Waals surface area contributed by atoms with Gasteiger partial charge in [-0.1, -0.05) is 72.8 Å². The molecule has 0 unspecified atom stereocenters. The van der Waals surface area contributed by atoms with Gasteiger partial charge in [-0.15, -0.1) is 11.3 Å². The van der Waals surface area contributed by atoms with Crippen LogP contribution in [0.3, 0.4) is 0 Å². The molecule has 1 heterocycles. The average Bonchev–Trinajstić information content (AvgIpc) is 3.29. The van der Waals surface area contributed by atoms with Gasteiger partial charge in [-0.3, -0.25) is 4.79 Å². The summed E-state index contributed by atoms with van der Waals surface area (Å²) in [4.78, 5) is 12.2. The third-order valence-electron chi connectivity index (χ3n) is 4.67. The van der Waals surface area contributed by atoms with Crippen molar-refractivity contribution in [3.05, 3.63) is 107 Å². The van der Waals surface area contributed by atoms with E-state index in [-0.39, 0.29) is 4.21 Å². The Morgan fingerprint density at radius 3 is 2.47 bits per heavy atom. The zero-order valence-electron chi connectivity index (χ0n) is 16.0. The highest BCUT2D eigenvalue weighted by molar-refractivity contribution is 7.92. The van der Waals surface area contributed by atoms with Crippen molar-refractivity contribution < 1.29 is 13.2 Å². The smallest absolute Gasteiger partial charge is 0.269 e. The summed E-state index contributed by atoms with van der Waals surface area (Å²) >= 11 is 1.06. The summed E-state index contributed by atoms with van der Waals surface area (Å²) in [7, 11) is -3.83. The molecule has 4 nitrogen and oxygen atoms in total. The number of thiophene rings is 1. The van der Waals surface area contributed by atoms with Gasteiger partial charge in [0.2, 0.25) is 0 Å². The first-order valence-electron chi connectivity index (χ1n) is 9.35. The SMILES string of the molecule is O=C(/C=C\c1ccccc1Cc1ccc2ccccc2c1)NS(=O)(=O)c1cccs1. The van der Waals surface area contributed by atoms with Gasteiger partial charge < -0.3 is 0 Å². The van der Waals surface area contributed by atoms with Gasteiger partial charge in [-0.2, -0.15) is 0 Å². The van der Waals surface area contributed by atoms with Crippen molar-refractivity contribution in [2.75, 3.05) is 0 Å². The minimum absolute atomic E-state index is 0.112. The number of fused-ring (bicyclic) bond motifs is 1. The average molecular weight is 434 g/mol. The summed E-state index contributed by atoms with van der Waals surface area (Å²) in [6, 6.07) is 25.4. The number of carbonyl (C=O) groups is 1. The van der Waals surface area contributed by atoms with Crippen molar-refractivity contribution in [3.8, 4) is 0 Å². The molecule has 0 spiro atoms. The van der Waals surface area contributed by atoms with Crippen LogP contribution in [0.25, 0.3) is 16.8 Å². The molecule has 0 saturated carbocycles. The van der Waals surface area contributed by atoms with Gasteiger partial charge in [0.15, 0.2) is 0 Å². The second-order valence-corrected chi connectivity index (χ2v) is 9.65. The zero-order valence-corrected chi connectivity index (χ0v) is 17.6. The Morgan fingerprint density at radius 1 is 0.900 bits per heavy atom. The monoisotopic (exact) mass is 433 g/mol. The molecule has 1 N–H and O–H groups in total. The van der Waals surface area contributed by atoms with Crippen LogP contribution in [0.4, 0.5) is 0 Å². The summed E-state index contributed by atoms with van der Waals surface area (Å²) < 4.78 is 26.5. The first kappa shape index (κ1) is 20.1. The van der Waals surface area contributed by atoms with Crippen LogP contribution in [-0.4, -0.2) is 14.3 Å². The lowest BCUT2D eigenvalue weighted by Crippen LogP contribution is -2.28. The molecule has 0 radical (unpaired) electrons. The summed E-state index contributed by atoms with van der Waals surface area (Å²) in [5.74, 6) is -0.677. The molecule has 30 heavy (non-hydrogen) atoms. The molecule has 4 rings (SSSR count). The number of nitrogens with one attached hydrogen (secondary N) is 1. The molecule has 150 valence electrons. The number of hydrogen-bond donors (Lipinski definition) is 1. The predicted octanol–water partition coefficient (Wildman–Crippen LogP) is 5.01. The lowest BCUT2D eigenvalue weighted by atomic mass is 9.97. The van der Waals surface area contributed by atoms with Gasteiger partial charge in [-0.05, 0) is 51.4 Å². The van der Waals surface area contributed by atoms with Crippen LogP contribution in [-0.2, 0) is 21.2 Å². The van der Waals surface area contributed by atoms with Gasteiger partial charge in [0, 0.05) is 6.08 Å². The number of benzene rings is 3. The Bertz CT molecular complexity index is 1320. The third kappa shape index (κ3) is 4.67. The van der Waals surface area contributed by atoms with Crippen LogP contribution in [0.1, 0.15) is 16.7 Å². The molecular formula is C24H19NO3S2. The van der Waals surface area contributed by atoms with Crippen LogP contribution >= 0.6 is 11.3 Å². The Morgan fingerprint density at radius 2 is 1.67 bits per heavy atom. The number of rotatable bonds is 6. The largest absolute Gasteiger partial charge is 0.273 e. The van der Waals surface area contributed by atoms with Crippen LogP contribution in [0.15, 0.2) is 94.5 Å². The summed E-state index contributed by atoms with van der Waals surface area (Å²) in [6.45, 7) is 0. The van der Waals surface area contributed by atoms with E-state index in [4.69, 9.17) is 0 Å². The van der Waals surface area contributed by atoms with Gasteiger partial charge in [0.25, 0.3) is 15.9 Å². The topological polar surface area (TPSA) is 63.2 Å². The zero-order chi connectivity index (χ0) is 21.0. The fraction of sp³-hybridized carbons (Fsp3) is 0.0417. The van der Waals surface area contributed by atoms with Gasteiger partial charge in [-0.25, -0.2) is 13.1 Å². The number of hydrogen-bond acceptors (Lipinski definition) is 4. The van der Waals surface area contributed by atoms with Crippen molar-refractivity contribution in [3.63, 3.8) is 0 Å². The van der Waals surface area contributed by atoms with Gasteiger partial charge in [0.05, 0.1) is 0 Å². The minimum Gasteiger partial charge on any atom is -0.269 e. The van der Waals surface area contributed by atoms with Crippen molar-refractivity contribution in [2.24, 2.45) is 0 Å². The van der Waals surface area contributed by atoms with Crippen molar-refractivity contribution >= 4 is 44.1 Å². The van der Waals surface area contributed by atoms with E-state index in [1.807, 2.05) is 36.4 Å². The summed E-state index contributed by atoms with van der Waals surface area (Å²) in [6.07, 6.45) is 3.61. The first-order chi connectivity index (χ1) is 14.5. The fourth-order valence-electron chi connectivity index (χ4n) is 3.23. The molecule has 6 heteroatoms. The van der Waals surface area contributed by atoms with Crippen LogP contribution in [0.2, 0.25) is 0 Å². The van der Waals surface area contributed by atoms with Crippen LogP contribution in [0, 0.1) is 0 Å². The molecule has 0 fully saturated rings. The Labute approximate surface area is 179 Å². The quantitative estimate of drug-likeness (QED) is 0.435. The second kappa shape index (κ2) is 8.65. The highest BCUT2D eigenvalue weighted by Gasteiger charge is 2.17. The van der Waals surface area contributed by atoms with Crippen molar-refractivity contribution in [1.29, 1.82) is 0 Å². The second-order valence-electron chi connectivity index (χ2n) is 6.79. The molecular weight excluding hydrogens is 414 g/mol. The van der Waals surface area contributed by atoms with E-state index in [9.17, 15) is 13.2 Å². The molecule has 3 aromatic carbocycles. The van der Waals surface area contributed by atoms with Crippen LogP contribution < -0.4 is 4.72 Å². The van der Waals surface area contributed by atoms with E-state index in [2.05, 4.69) is 35.1 Å².